The highest BCUT2D eigenvalue weighted by molar-refractivity contribution is 9.10. The lowest BCUT2D eigenvalue weighted by Crippen LogP contribution is -2.36. The van der Waals surface area contributed by atoms with E-state index in [0.29, 0.717) is 31.2 Å². The smallest absolute Gasteiger partial charge is 0.255 e. The minimum absolute atomic E-state index is 0.00789. The van der Waals surface area contributed by atoms with Crippen LogP contribution in [0.3, 0.4) is 0 Å². The van der Waals surface area contributed by atoms with Crippen molar-refractivity contribution < 1.29 is 9.53 Å². The van der Waals surface area contributed by atoms with E-state index in [1.54, 1.807) is 13.2 Å². The Labute approximate surface area is 128 Å². The number of hydrogen-bond donors (Lipinski definition) is 1. The number of halogens is 1. The Balaban J connectivity index is 2.93. The van der Waals surface area contributed by atoms with Crippen LogP contribution in [0, 0.1) is 5.92 Å². The first-order valence-electron chi connectivity index (χ1n) is 6.22. The number of carbonyl (C=O) groups is 1. The summed E-state index contributed by atoms with van der Waals surface area (Å²) >= 11 is 7.71. The lowest BCUT2D eigenvalue weighted by atomic mass is 10.1. The zero-order chi connectivity index (χ0) is 14.4. The second kappa shape index (κ2) is 7.92. The van der Waals surface area contributed by atoms with Crippen LogP contribution in [0.25, 0.3) is 0 Å². The fourth-order valence-electron chi connectivity index (χ4n) is 1.77. The van der Waals surface area contributed by atoms with Crippen LogP contribution in [0.1, 0.15) is 24.2 Å². The predicted octanol–water partition coefficient (Wildman–Crippen LogP) is 3.48. The molecule has 0 fully saturated rings. The normalized spacial score (nSPS) is 10.8. The maximum Gasteiger partial charge on any atom is 0.255 e. The van der Waals surface area contributed by atoms with Crippen molar-refractivity contribution in [2.24, 2.45) is 5.92 Å². The molecule has 0 aliphatic heterocycles. The van der Waals surface area contributed by atoms with Crippen molar-refractivity contribution in [1.82, 2.24) is 4.90 Å². The molecule has 0 spiro atoms. The Morgan fingerprint density at radius 3 is 2.74 bits per heavy atom. The van der Waals surface area contributed by atoms with Gasteiger partial charge in [-0.1, -0.05) is 13.8 Å². The first kappa shape index (κ1) is 16.5. The summed E-state index contributed by atoms with van der Waals surface area (Å²) in [5, 5.41) is 0. The SMILES string of the molecule is COCCN(CC(C)C)C(=O)c1cc(S)ccc1Br. The molecule has 0 saturated heterocycles. The molecular formula is C14H20BrNO2S. The van der Waals surface area contributed by atoms with Crippen LogP contribution in [0.15, 0.2) is 27.6 Å². The van der Waals surface area contributed by atoms with Gasteiger partial charge in [-0.15, -0.1) is 12.6 Å². The van der Waals surface area contributed by atoms with Gasteiger partial charge in [0.2, 0.25) is 0 Å². The first-order valence-corrected chi connectivity index (χ1v) is 7.46. The second-order valence-corrected chi connectivity index (χ2v) is 6.17. The van der Waals surface area contributed by atoms with Gasteiger partial charge in [-0.3, -0.25) is 4.79 Å². The molecule has 0 bridgehead atoms. The van der Waals surface area contributed by atoms with Gasteiger partial charge in [0.1, 0.15) is 0 Å². The van der Waals surface area contributed by atoms with Gasteiger partial charge in [-0.25, -0.2) is 0 Å². The number of amides is 1. The summed E-state index contributed by atoms with van der Waals surface area (Å²) < 4.78 is 5.87. The maximum absolute atomic E-state index is 12.6. The van der Waals surface area contributed by atoms with Crippen LogP contribution in [-0.2, 0) is 4.74 Å². The van der Waals surface area contributed by atoms with Gasteiger partial charge in [-0.2, -0.15) is 0 Å². The van der Waals surface area contributed by atoms with Crippen molar-refractivity contribution in [3.8, 4) is 0 Å². The minimum atomic E-state index is 0.00789. The van der Waals surface area contributed by atoms with Crippen molar-refractivity contribution in [1.29, 1.82) is 0 Å². The van der Waals surface area contributed by atoms with Gasteiger partial charge in [-0.05, 0) is 40.0 Å². The highest BCUT2D eigenvalue weighted by atomic mass is 79.9. The average Bonchev–Trinajstić information content (AvgIpc) is 2.36. The lowest BCUT2D eigenvalue weighted by molar-refractivity contribution is 0.0671. The highest BCUT2D eigenvalue weighted by Gasteiger charge is 2.19. The number of nitrogens with zero attached hydrogens (tertiary/aromatic N) is 1. The number of rotatable bonds is 6. The van der Waals surface area contributed by atoms with Gasteiger partial charge in [0.15, 0.2) is 0 Å². The predicted molar refractivity (Wildman–Crippen MR) is 84.0 cm³/mol. The summed E-state index contributed by atoms with van der Waals surface area (Å²) in [6, 6.07) is 5.49. The van der Waals surface area contributed by atoms with Crippen molar-refractivity contribution in [3.05, 3.63) is 28.2 Å². The van der Waals surface area contributed by atoms with Crippen LogP contribution >= 0.6 is 28.6 Å². The minimum Gasteiger partial charge on any atom is -0.383 e. The summed E-state index contributed by atoms with van der Waals surface area (Å²) in [4.78, 5) is 15.2. The van der Waals surface area contributed by atoms with E-state index in [1.165, 1.54) is 0 Å². The van der Waals surface area contributed by atoms with Crippen molar-refractivity contribution >= 4 is 34.5 Å². The van der Waals surface area contributed by atoms with Crippen molar-refractivity contribution in [3.63, 3.8) is 0 Å². The number of ether oxygens (including phenoxy) is 1. The first-order chi connectivity index (χ1) is 8.95. The van der Waals surface area contributed by atoms with E-state index in [9.17, 15) is 4.79 Å². The third-order valence-electron chi connectivity index (χ3n) is 2.62. The number of hydrogen-bond acceptors (Lipinski definition) is 3. The van der Waals surface area contributed by atoms with E-state index in [2.05, 4.69) is 42.4 Å². The zero-order valence-electron chi connectivity index (χ0n) is 11.5. The molecule has 106 valence electrons. The zero-order valence-corrected chi connectivity index (χ0v) is 14.0. The highest BCUT2D eigenvalue weighted by Crippen LogP contribution is 2.22. The summed E-state index contributed by atoms with van der Waals surface area (Å²) in [5.41, 5.74) is 0.643. The van der Waals surface area contributed by atoms with Crippen LogP contribution in [0.2, 0.25) is 0 Å². The molecule has 1 aromatic rings. The van der Waals surface area contributed by atoms with Gasteiger partial charge in [0.25, 0.3) is 5.91 Å². The molecule has 0 aromatic heterocycles. The molecule has 1 amide bonds. The van der Waals surface area contributed by atoms with Gasteiger partial charge < -0.3 is 9.64 Å². The van der Waals surface area contributed by atoms with Crippen molar-refractivity contribution in [2.45, 2.75) is 18.7 Å². The Hall–Kier alpha value is -0.520. The molecule has 0 atom stereocenters. The topological polar surface area (TPSA) is 29.5 Å². The Bertz CT molecular complexity index is 437. The fraction of sp³-hybridized carbons (Fsp3) is 0.500. The number of methoxy groups -OCH3 is 1. The molecule has 0 unspecified atom stereocenters. The van der Waals surface area contributed by atoms with Crippen LogP contribution in [0.5, 0.6) is 0 Å². The van der Waals surface area contributed by atoms with E-state index >= 15 is 0 Å². The van der Waals surface area contributed by atoms with E-state index in [-0.39, 0.29) is 5.91 Å². The lowest BCUT2D eigenvalue weighted by Gasteiger charge is -2.25. The quantitative estimate of drug-likeness (QED) is 0.799. The molecule has 0 saturated carbocycles. The monoisotopic (exact) mass is 345 g/mol. The standard InChI is InChI=1S/C14H20BrNO2S/c1-10(2)9-16(6-7-18-3)14(17)12-8-11(19)4-5-13(12)15/h4-5,8,10,19H,6-7,9H2,1-3H3. The summed E-state index contributed by atoms with van der Waals surface area (Å²) in [5.74, 6) is 0.423. The summed E-state index contributed by atoms with van der Waals surface area (Å²) in [6.07, 6.45) is 0. The molecule has 5 heteroatoms. The largest absolute Gasteiger partial charge is 0.383 e. The molecule has 0 aliphatic carbocycles. The Morgan fingerprint density at radius 2 is 2.16 bits per heavy atom. The maximum atomic E-state index is 12.6. The Morgan fingerprint density at radius 1 is 1.47 bits per heavy atom. The third-order valence-corrected chi connectivity index (χ3v) is 3.59. The van der Waals surface area contributed by atoms with Gasteiger partial charge >= 0.3 is 0 Å². The second-order valence-electron chi connectivity index (χ2n) is 4.80. The summed E-state index contributed by atoms with van der Waals surface area (Å²) in [6.45, 7) is 6.03. The van der Waals surface area contributed by atoms with Crippen LogP contribution < -0.4 is 0 Å². The Kier molecular flexibility index (Phi) is 6.89. The van der Waals surface area contributed by atoms with E-state index in [0.717, 1.165) is 9.37 Å². The van der Waals surface area contributed by atoms with E-state index in [4.69, 9.17) is 4.74 Å². The molecule has 0 aliphatic rings. The average molecular weight is 346 g/mol. The van der Waals surface area contributed by atoms with E-state index < -0.39 is 0 Å². The van der Waals surface area contributed by atoms with E-state index in [1.807, 2.05) is 17.0 Å². The summed E-state index contributed by atoms with van der Waals surface area (Å²) in [7, 11) is 1.64. The van der Waals surface area contributed by atoms with Crippen LogP contribution in [-0.4, -0.2) is 37.6 Å². The van der Waals surface area contributed by atoms with Crippen LogP contribution in [0.4, 0.5) is 0 Å². The molecule has 0 heterocycles. The molecular weight excluding hydrogens is 326 g/mol. The molecule has 1 rings (SSSR count). The molecule has 0 N–H and O–H groups in total. The molecule has 1 aromatic carbocycles. The third kappa shape index (κ3) is 5.16. The van der Waals surface area contributed by atoms with Gasteiger partial charge in [0, 0.05) is 29.6 Å². The number of benzene rings is 1. The van der Waals surface area contributed by atoms with Gasteiger partial charge in [0.05, 0.1) is 12.2 Å². The number of carbonyl (C=O) groups excluding carboxylic acids is 1. The number of thiol groups is 1. The fourth-order valence-corrected chi connectivity index (χ4v) is 2.39. The van der Waals surface area contributed by atoms with Crippen molar-refractivity contribution in [2.75, 3.05) is 26.8 Å². The molecule has 19 heavy (non-hydrogen) atoms. The molecule has 3 nitrogen and oxygen atoms in total. The molecule has 0 radical (unpaired) electrons.